The molecule has 0 N–H and O–H groups in total. The van der Waals surface area contributed by atoms with Crippen LogP contribution in [-0.4, -0.2) is 0 Å². The fourth-order valence-corrected chi connectivity index (χ4v) is 9.04. The molecule has 260 valence electrons. The second-order valence-electron chi connectivity index (χ2n) is 15.3. The lowest BCUT2D eigenvalue weighted by Gasteiger charge is -2.29. The van der Waals surface area contributed by atoms with Crippen molar-refractivity contribution in [3.63, 3.8) is 0 Å². The first-order chi connectivity index (χ1) is 27.0. The van der Waals surface area contributed by atoms with Gasteiger partial charge in [-0.1, -0.05) is 153 Å². The molecule has 0 aliphatic heterocycles. The predicted octanol–water partition coefficient (Wildman–Crippen LogP) is 15.0. The van der Waals surface area contributed by atoms with Crippen molar-refractivity contribution in [2.24, 2.45) is 0 Å². The fraction of sp³-hybridized carbons (Fsp3) is 0.0566. The van der Waals surface area contributed by atoms with Gasteiger partial charge in [0.1, 0.15) is 11.2 Å². The van der Waals surface area contributed by atoms with E-state index in [4.69, 9.17) is 4.42 Å². The average Bonchev–Trinajstić information content (AvgIpc) is 3.72. The molecule has 2 nitrogen and oxygen atoms in total. The predicted molar refractivity (Wildman–Crippen MR) is 232 cm³/mol. The zero-order chi connectivity index (χ0) is 36.7. The summed E-state index contributed by atoms with van der Waals surface area (Å²) in [5.74, 6) is 0. The summed E-state index contributed by atoms with van der Waals surface area (Å²) in [5, 5.41) is 7.28. The number of furan rings is 1. The molecule has 0 saturated carbocycles. The molecule has 11 rings (SSSR count). The third-order valence-electron chi connectivity index (χ3n) is 11.9. The van der Waals surface area contributed by atoms with Crippen LogP contribution in [0.15, 0.2) is 192 Å². The van der Waals surface area contributed by atoms with Gasteiger partial charge in [0.25, 0.3) is 0 Å². The van der Waals surface area contributed by atoms with E-state index in [0.717, 1.165) is 38.9 Å². The highest BCUT2D eigenvalue weighted by Gasteiger charge is 2.35. The molecule has 1 aliphatic carbocycles. The van der Waals surface area contributed by atoms with Crippen LogP contribution >= 0.6 is 0 Å². The monoisotopic (exact) mass is 703 g/mol. The summed E-state index contributed by atoms with van der Waals surface area (Å²) in [7, 11) is 0. The Morgan fingerprint density at radius 2 is 0.945 bits per heavy atom. The normalized spacial score (nSPS) is 13.1. The molecule has 55 heavy (non-hydrogen) atoms. The van der Waals surface area contributed by atoms with Gasteiger partial charge in [-0.15, -0.1) is 0 Å². The number of para-hydroxylation sites is 1. The van der Waals surface area contributed by atoms with Crippen molar-refractivity contribution in [3.8, 4) is 33.4 Å². The molecular formula is C53H37NO. The molecule has 0 atom stereocenters. The lowest BCUT2D eigenvalue weighted by Crippen LogP contribution is -2.16. The third-order valence-corrected chi connectivity index (χ3v) is 11.9. The minimum absolute atomic E-state index is 0.104. The van der Waals surface area contributed by atoms with Gasteiger partial charge in [-0.05, 0) is 109 Å². The highest BCUT2D eigenvalue weighted by Crippen LogP contribution is 2.51. The van der Waals surface area contributed by atoms with Crippen LogP contribution in [0.5, 0.6) is 0 Å². The molecule has 0 fully saturated rings. The van der Waals surface area contributed by atoms with Crippen molar-refractivity contribution in [1.29, 1.82) is 0 Å². The Morgan fingerprint density at radius 1 is 0.382 bits per heavy atom. The van der Waals surface area contributed by atoms with Crippen LogP contribution in [0.25, 0.3) is 76.9 Å². The Hall–Kier alpha value is -6.90. The van der Waals surface area contributed by atoms with Gasteiger partial charge in [-0.25, -0.2) is 0 Å². The summed E-state index contributed by atoms with van der Waals surface area (Å²) >= 11 is 0. The molecule has 0 unspecified atom stereocenters. The van der Waals surface area contributed by atoms with Gasteiger partial charge in [0.2, 0.25) is 0 Å². The molecular weight excluding hydrogens is 667 g/mol. The summed E-state index contributed by atoms with van der Waals surface area (Å²) in [4.78, 5) is 2.45. The van der Waals surface area contributed by atoms with Gasteiger partial charge in [0.05, 0.1) is 5.69 Å². The van der Waals surface area contributed by atoms with Gasteiger partial charge in [-0.2, -0.15) is 0 Å². The van der Waals surface area contributed by atoms with E-state index in [1.54, 1.807) is 0 Å². The molecule has 0 bridgehead atoms. The maximum Gasteiger partial charge on any atom is 0.136 e. The summed E-state index contributed by atoms with van der Waals surface area (Å²) in [5.41, 5.74) is 15.2. The molecule has 0 spiro atoms. The Morgan fingerprint density at radius 3 is 1.75 bits per heavy atom. The SMILES string of the molecule is CC1(C)c2ccccc2-c2ccc(N(c3ccc(-c4ccc(-c5ccc6c(c5)oc5ccccc56)cc4)cc3)c3cc4ccccc4c4ccccc34)cc21. The van der Waals surface area contributed by atoms with Gasteiger partial charge in [0, 0.05) is 32.9 Å². The topological polar surface area (TPSA) is 16.4 Å². The lowest BCUT2D eigenvalue weighted by molar-refractivity contribution is 0.660. The Balaban J connectivity index is 1.00. The van der Waals surface area contributed by atoms with Gasteiger partial charge in [-0.3, -0.25) is 0 Å². The highest BCUT2D eigenvalue weighted by molar-refractivity contribution is 6.14. The second kappa shape index (κ2) is 12.1. The number of hydrogen-bond donors (Lipinski definition) is 0. The standard InChI is InChI=1S/C53H37NO/c1-53(2)48-17-9-7-14-43(48)44-30-28-40(33-49(44)53)54(50-31-38-11-3-4-12-41(38)42-13-5-6-15-45(42)50)39-26-23-35(24-27-39)34-19-21-36(22-20-34)37-25-29-47-46-16-8-10-18-51(46)55-52(47)32-37/h3-33H,1-2H3. The van der Waals surface area contributed by atoms with Crippen molar-refractivity contribution in [1.82, 2.24) is 0 Å². The van der Waals surface area contributed by atoms with E-state index in [1.807, 2.05) is 12.1 Å². The zero-order valence-corrected chi connectivity index (χ0v) is 30.8. The van der Waals surface area contributed by atoms with E-state index in [2.05, 4.69) is 195 Å². The van der Waals surface area contributed by atoms with Crippen molar-refractivity contribution in [2.45, 2.75) is 19.3 Å². The summed E-state index contributed by atoms with van der Waals surface area (Å²) in [6.45, 7) is 4.71. The van der Waals surface area contributed by atoms with E-state index in [0.29, 0.717) is 0 Å². The largest absolute Gasteiger partial charge is 0.456 e. The van der Waals surface area contributed by atoms with Crippen molar-refractivity contribution in [3.05, 3.63) is 199 Å². The van der Waals surface area contributed by atoms with Crippen LogP contribution in [-0.2, 0) is 5.41 Å². The van der Waals surface area contributed by atoms with E-state index in [9.17, 15) is 0 Å². The third kappa shape index (κ3) is 4.95. The summed E-state index contributed by atoms with van der Waals surface area (Å²) in [6, 6.07) is 68.5. The number of benzene rings is 9. The molecule has 9 aromatic carbocycles. The summed E-state index contributed by atoms with van der Waals surface area (Å²) in [6.07, 6.45) is 0. The summed E-state index contributed by atoms with van der Waals surface area (Å²) < 4.78 is 6.19. The number of anilines is 3. The molecule has 0 saturated heterocycles. The van der Waals surface area contributed by atoms with Crippen LogP contribution in [0, 0.1) is 0 Å². The minimum atomic E-state index is -0.104. The fourth-order valence-electron chi connectivity index (χ4n) is 9.04. The first-order valence-corrected chi connectivity index (χ1v) is 19.1. The molecule has 0 amide bonds. The smallest absolute Gasteiger partial charge is 0.136 e. The molecule has 1 aromatic heterocycles. The minimum Gasteiger partial charge on any atom is -0.456 e. The number of rotatable bonds is 5. The van der Waals surface area contributed by atoms with Gasteiger partial charge < -0.3 is 9.32 Å². The van der Waals surface area contributed by atoms with Crippen molar-refractivity contribution in [2.75, 3.05) is 4.90 Å². The van der Waals surface area contributed by atoms with Crippen LogP contribution in [0.2, 0.25) is 0 Å². The van der Waals surface area contributed by atoms with Crippen LogP contribution in [0.4, 0.5) is 17.1 Å². The first kappa shape index (κ1) is 31.6. The molecule has 1 aliphatic rings. The van der Waals surface area contributed by atoms with Crippen molar-refractivity contribution < 1.29 is 4.42 Å². The Bertz CT molecular complexity index is 3110. The maximum absolute atomic E-state index is 6.19. The number of fused-ring (bicyclic) bond motifs is 9. The first-order valence-electron chi connectivity index (χ1n) is 19.1. The molecule has 1 heterocycles. The zero-order valence-electron chi connectivity index (χ0n) is 30.8. The second-order valence-corrected chi connectivity index (χ2v) is 15.3. The quantitative estimate of drug-likeness (QED) is 0.166. The average molecular weight is 704 g/mol. The number of nitrogens with zero attached hydrogens (tertiary/aromatic N) is 1. The maximum atomic E-state index is 6.19. The van der Waals surface area contributed by atoms with Crippen LogP contribution in [0.3, 0.4) is 0 Å². The van der Waals surface area contributed by atoms with E-state index in [-0.39, 0.29) is 5.41 Å². The van der Waals surface area contributed by atoms with Gasteiger partial charge >= 0.3 is 0 Å². The van der Waals surface area contributed by atoms with E-state index >= 15 is 0 Å². The Kier molecular flexibility index (Phi) is 6.93. The highest BCUT2D eigenvalue weighted by atomic mass is 16.3. The van der Waals surface area contributed by atoms with Crippen LogP contribution < -0.4 is 4.90 Å². The number of hydrogen-bond acceptors (Lipinski definition) is 2. The van der Waals surface area contributed by atoms with Crippen molar-refractivity contribution >= 4 is 60.5 Å². The Labute approximate surface area is 320 Å². The van der Waals surface area contributed by atoms with E-state index in [1.165, 1.54) is 66.2 Å². The molecule has 2 heteroatoms. The van der Waals surface area contributed by atoms with Crippen LogP contribution in [0.1, 0.15) is 25.0 Å². The van der Waals surface area contributed by atoms with E-state index < -0.39 is 0 Å². The van der Waals surface area contributed by atoms with Gasteiger partial charge in [0.15, 0.2) is 0 Å². The molecule has 10 aromatic rings. The molecule has 0 radical (unpaired) electrons. The lowest BCUT2D eigenvalue weighted by atomic mass is 9.82.